The molecule has 1 spiro atoms. The Morgan fingerprint density at radius 2 is 2.27 bits per heavy atom. The zero-order valence-electron chi connectivity index (χ0n) is 12.3. The van der Waals surface area contributed by atoms with E-state index in [2.05, 4.69) is 19.9 Å². The van der Waals surface area contributed by atoms with Crippen LogP contribution in [-0.4, -0.2) is 46.4 Å². The highest BCUT2D eigenvalue weighted by molar-refractivity contribution is 5.39. The number of aromatic nitrogens is 3. The lowest BCUT2D eigenvalue weighted by atomic mass is 9.98. The Hall–Kier alpha value is -2.21. The summed E-state index contributed by atoms with van der Waals surface area (Å²) >= 11 is 0. The highest BCUT2D eigenvalue weighted by Crippen LogP contribution is 2.37. The first-order valence-electron chi connectivity index (χ1n) is 7.55. The SMILES string of the molecule is c1cncc(O[C@H]2CO[C@@]3(CCN(c4ccncn4)C3)C2)c1. The molecule has 0 amide bonds. The minimum Gasteiger partial charge on any atom is -0.486 e. The monoisotopic (exact) mass is 298 g/mol. The van der Waals surface area contributed by atoms with Crippen LogP contribution in [0.4, 0.5) is 5.82 Å². The summed E-state index contributed by atoms with van der Waals surface area (Å²) in [6.45, 7) is 2.44. The van der Waals surface area contributed by atoms with Crippen LogP contribution < -0.4 is 9.64 Å². The van der Waals surface area contributed by atoms with Crippen LogP contribution in [0.3, 0.4) is 0 Å². The molecule has 4 rings (SSSR count). The van der Waals surface area contributed by atoms with E-state index in [4.69, 9.17) is 9.47 Å². The van der Waals surface area contributed by atoms with Gasteiger partial charge in [-0.25, -0.2) is 9.97 Å². The molecule has 4 heterocycles. The van der Waals surface area contributed by atoms with Crippen molar-refractivity contribution in [2.75, 3.05) is 24.6 Å². The molecule has 22 heavy (non-hydrogen) atoms. The van der Waals surface area contributed by atoms with Crippen LogP contribution in [-0.2, 0) is 4.74 Å². The van der Waals surface area contributed by atoms with Gasteiger partial charge in [0.05, 0.1) is 18.4 Å². The van der Waals surface area contributed by atoms with Crippen molar-refractivity contribution in [1.82, 2.24) is 15.0 Å². The van der Waals surface area contributed by atoms with E-state index >= 15 is 0 Å². The van der Waals surface area contributed by atoms with E-state index in [1.807, 2.05) is 18.2 Å². The second-order valence-corrected chi connectivity index (χ2v) is 5.87. The van der Waals surface area contributed by atoms with E-state index in [0.717, 1.165) is 37.5 Å². The fraction of sp³-hybridized carbons (Fsp3) is 0.438. The van der Waals surface area contributed by atoms with Gasteiger partial charge in [0.1, 0.15) is 24.0 Å². The lowest BCUT2D eigenvalue weighted by molar-refractivity contribution is 0.0195. The molecule has 0 bridgehead atoms. The zero-order valence-corrected chi connectivity index (χ0v) is 12.3. The van der Waals surface area contributed by atoms with Gasteiger partial charge >= 0.3 is 0 Å². The third-order valence-electron chi connectivity index (χ3n) is 4.32. The average molecular weight is 298 g/mol. The maximum Gasteiger partial charge on any atom is 0.138 e. The molecule has 0 radical (unpaired) electrons. The minimum absolute atomic E-state index is 0.0922. The number of anilines is 1. The molecule has 0 N–H and O–H groups in total. The van der Waals surface area contributed by atoms with Crippen molar-refractivity contribution in [1.29, 1.82) is 0 Å². The Balaban J connectivity index is 1.40. The van der Waals surface area contributed by atoms with Gasteiger partial charge in [0.2, 0.25) is 0 Å². The highest BCUT2D eigenvalue weighted by atomic mass is 16.6. The van der Waals surface area contributed by atoms with Crippen molar-refractivity contribution in [3.63, 3.8) is 0 Å². The molecule has 0 unspecified atom stereocenters. The standard InChI is InChI=1S/C16H18N4O2/c1-2-13(9-17-5-1)22-14-8-16(21-10-14)4-7-20(11-16)15-3-6-18-12-19-15/h1-3,5-6,9,12,14H,4,7-8,10-11H2/t14-,16+/m1/s1. The summed E-state index contributed by atoms with van der Waals surface area (Å²) in [6.07, 6.45) is 8.85. The number of rotatable bonds is 3. The minimum atomic E-state index is -0.113. The molecule has 0 aliphatic carbocycles. The quantitative estimate of drug-likeness (QED) is 0.859. The molecule has 2 aromatic heterocycles. The van der Waals surface area contributed by atoms with Crippen molar-refractivity contribution in [3.05, 3.63) is 43.1 Å². The Kier molecular flexibility index (Phi) is 3.38. The molecule has 0 saturated carbocycles. The third-order valence-corrected chi connectivity index (χ3v) is 4.32. The topological polar surface area (TPSA) is 60.4 Å². The smallest absolute Gasteiger partial charge is 0.138 e. The first-order chi connectivity index (χ1) is 10.8. The van der Waals surface area contributed by atoms with Gasteiger partial charge < -0.3 is 14.4 Å². The van der Waals surface area contributed by atoms with Crippen LogP contribution in [0.2, 0.25) is 0 Å². The fourth-order valence-corrected chi connectivity index (χ4v) is 3.28. The summed E-state index contributed by atoms with van der Waals surface area (Å²) in [5.74, 6) is 1.77. The van der Waals surface area contributed by atoms with Crippen LogP contribution >= 0.6 is 0 Å². The van der Waals surface area contributed by atoms with E-state index in [-0.39, 0.29) is 11.7 Å². The lowest BCUT2D eigenvalue weighted by Gasteiger charge is -2.23. The molecule has 114 valence electrons. The molecule has 2 aromatic rings. The fourth-order valence-electron chi connectivity index (χ4n) is 3.28. The number of pyridine rings is 1. The van der Waals surface area contributed by atoms with Crippen LogP contribution in [0.1, 0.15) is 12.8 Å². The highest BCUT2D eigenvalue weighted by Gasteiger charge is 2.46. The van der Waals surface area contributed by atoms with Crippen LogP contribution in [0.25, 0.3) is 0 Å². The average Bonchev–Trinajstić information content (AvgIpc) is 3.17. The molecule has 2 aliphatic rings. The molecule has 2 fully saturated rings. The van der Waals surface area contributed by atoms with E-state index in [0.29, 0.717) is 6.61 Å². The molecule has 2 aliphatic heterocycles. The van der Waals surface area contributed by atoms with Crippen molar-refractivity contribution in [3.8, 4) is 5.75 Å². The first-order valence-corrected chi connectivity index (χ1v) is 7.55. The number of hydrogen-bond donors (Lipinski definition) is 0. The molecule has 2 saturated heterocycles. The van der Waals surface area contributed by atoms with Gasteiger partial charge in [-0.05, 0) is 24.6 Å². The second kappa shape index (κ2) is 5.53. The van der Waals surface area contributed by atoms with Crippen molar-refractivity contribution in [2.24, 2.45) is 0 Å². The third kappa shape index (κ3) is 2.62. The predicted molar refractivity (Wildman–Crippen MR) is 80.8 cm³/mol. The van der Waals surface area contributed by atoms with Gasteiger partial charge in [-0.3, -0.25) is 4.98 Å². The summed E-state index contributed by atoms with van der Waals surface area (Å²) in [4.78, 5) is 14.6. The Bertz CT molecular complexity index is 625. The van der Waals surface area contributed by atoms with E-state index in [1.54, 1.807) is 24.9 Å². The predicted octanol–water partition coefficient (Wildman–Crippen LogP) is 1.69. The van der Waals surface area contributed by atoms with Gasteiger partial charge in [0, 0.05) is 31.9 Å². The van der Waals surface area contributed by atoms with Gasteiger partial charge in [0.15, 0.2) is 0 Å². The number of nitrogens with zero attached hydrogens (tertiary/aromatic N) is 4. The van der Waals surface area contributed by atoms with Crippen molar-refractivity contribution in [2.45, 2.75) is 24.5 Å². The van der Waals surface area contributed by atoms with Crippen molar-refractivity contribution < 1.29 is 9.47 Å². The summed E-state index contributed by atoms with van der Waals surface area (Å²) in [5.41, 5.74) is -0.113. The number of hydrogen-bond acceptors (Lipinski definition) is 6. The Morgan fingerprint density at radius 1 is 1.27 bits per heavy atom. The number of ether oxygens (including phenoxy) is 2. The molecule has 0 aromatic carbocycles. The maximum atomic E-state index is 6.11. The van der Waals surface area contributed by atoms with Gasteiger partial charge in [-0.2, -0.15) is 0 Å². The van der Waals surface area contributed by atoms with E-state index in [1.165, 1.54) is 0 Å². The Labute approximate surface area is 129 Å². The molecule has 6 nitrogen and oxygen atoms in total. The summed E-state index contributed by atoms with van der Waals surface area (Å²) in [7, 11) is 0. The van der Waals surface area contributed by atoms with E-state index in [9.17, 15) is 0 Å². The lowest BCUT2D eigenvalue weighted by Crippen LogP contribution is -2.33. The van der Waals surface area contributed by atoms with Gasteiger partial charge in [-0.1, -0.05) is 0 Å². The summed E-state index contributed by atoms with van der Waals surface area (Å²) in [6, 6.07) is 5.75. The normalized spacial score (nSPS) is 27.5. The second-order valence-electron chi connectivity index (χ2n) is 5.87. The van der Waals surface area contributed by atoms with E-state index < -0.39 is 0 Å². The summed E-state index contributed by atoms with van der Waals surface area (Å²) < 4.78 is 12.1. The zero-order chi connectivity index (χ0) is 14.8. The van der Waals surface area contributed by atoms with Crippen molar-refractivity contribution >= 4 is 5.82 Å². The molecular weight excluding hydrogens is 280 g/mol. The summed E-state index contributed by atoms with van der Waals surface area (Å²) in [5, 5.41) is 0. The largest absolute Gasteiger partial charge is 0.486 e. The molecule has 2 atom stereocenters. The van der Waals surface area contributed by atoms with Crippen LogP contribution in [0.5, 0.6) is 5.75 Å². The maximum absolute atomic E-state index is 6.11. The molecule has 6 heteroatoms. The van der Waals surface area contributed by atoms with Gasteiger partial charge in [-0.15, -0.1) is 0 Å². The van der Waals surface area contributed by atoms with Crippen LogP contribution in [0.15, 0.2) is 43.1 Å². The Morgan fingerprint density at radius 3 is 3.09 bits per heavy atom. The first kappa shape index (κ1) is 13.5. The molecular formula is C16H18N4O2. The van der Waals surface area contributed by atoms with Gasteiger partial charge in [0.25, 0.3) is 0 Å². The van der Waals surface area contributed by atoms with Crippen LogP contribution in [0, 0.1) is 0 Å².